The molecule has 0 aliphatic rings. The van der Waals surface area contributed by atoms with Gasteiger partial charge in [0.15, 0.2) is 11.5 Å². The molecule has 1 unspecified atom stereocenters. The third-order valence-electron chi connectivity index (χ3n) is 5.50. The van der Waals surface area contributed by atoms with Crippen molar-refractivity contribution in [2.45, 2.75) is 32.1 Å². The number of benzene rings is 3. The van der Waals surface area contributed by atoms with Crippen LogP contribution in [0.4, 0.5) is 0 Å². The molecule has 5 nitrogen and oxygen atoms in total. The van der Waals surface area contributed by atoms with Gasteiger partial charge in [-0.05, 0) is 41.7 Å². The summed E-state index contributed by atoms with van der Waals surface area (Å²) in [6, 6.07) is 22.8. The van der Waals surface area contributed by atoms with Crippen molar-refractivity contribution in [1.29, 1.82) is 0 Å². The van der Waals surface area contributed by atoms with E-state index in [4.69, 9.17) is 19.9 Å². The lowest BCUT2D eigenvalue weighted by Crippen LogP contribution is -2.36. The Morgan fingerprint density at radius 2 is 1.48 bits per heavy atom. The minimum atomic E-state index is -0.845. The number of methoxy groups -OCH3 is 2. The molecule has 0 fully saturated rings. The predicted molar refractivity (Wildman–Crippen MR) is 123 cm³/mol. The molecule has 0 aliphatic carbocycles. The van der Waals surface area contributed by atoms with Gasteiger partial charge < -0.3 is 25.1 Å². The second-order valence-electron chi connectivity index (χ2n) is 7.71. The fourth-order valence-corrected chi connectivity index (χ4v) is 3.63. The van der Waals surface area contributed by atoms with Crippen molar-refractivity contribution in [2.75, 3.05) is 14.2 Å². The van der Waals surface area contributed by atoms with E-state index in [1.54, 1.807) is 14.2 Å². The highest BCUT2D eigenvalue weighted by atomic mass is 16.5. The van der Waals surface area contributed by atoms with Gasteiger partial charge in [0.05, 0.1) is 20.3 Å². The average Bonchev–Trinajstić information content (AvgIpc) is 2.82. The lowest BCUT2D eigenvalue weighted by Gasteiger charge is -2.27. The van der Waals surface area contributed by atoms with Crippen LogP contribution in [-0.2, 0) is 13.0 Å². The lowest BCUT2D eigenvalue weighted by atomic mass is 9.88. The van der Waals surface area contributed by atoms with E-state index in [1.807, 2.05) is 79.7 Å². The summed E-state index contributed by atoms with van der Waals surface area (Å²) in [7, 11) is 3.23. The van der Waals surface area contributed by atoms with E-state index in [0.717, 1.165) is 11.1 Å². The third kappa shape index (κ3) is 5.78. The Morgan fingerprint density at radius 1 is 0.806 bits per heavy atom. The van der Waals surface area contributed by atoms with Crippen LogP contribution in [-0.4, -0.2) is 25.4 Å². The standard InChI is InChI=1S/C26H31NO4/c1-18(15-20-13-14-23(29-2)24(16-20)30-3)25(27)26(28)21-11-7-8-12-22(21)31-17-19-9-5-4-6-10-19/h4-14,16,18,25-26,28H,15,17,27H2,1-3H3/t18?,25-,26-/m1/s1. The van der Waals surface area contributed by atoms with Crippen LogP contribution < -0.4 is 19.9 Å². The minimum absolute atomic E-state index is 0.0234. The largest absolute Gasteiger partial charge is 0.493 e. The number of hydrogen-bond acceptors (Lipinski definition) is 5. The zero-order valence-electron chi connectivity index (χ0n) is 18.3. The summed E-state index contributed by atoms with van der Waals surface area (Å²) >= 11 is 0. The van der Waals surface area contributed by atoms with Crippen LogP contribution in [0.2, 0.25) is 0 Å². The van der Waals surface area contributed by atoms with E-state index in [0.29, 0.717) is 35.8 Å². The Hall–Kier alpha value is -3.02. The number of para-hydroxylation sites is 1. The SMILES string of the molecule is COc1ccc(CC(C)[C@@H](N)[C@H](O)c2ccccc2OCc2ccccc2)cc1OC. The Kier molecular flexibility index (Phi) is 7.93. The van der Waals surface area contributed by atoms with Crippen molar-refractivity contribution in [1.82, 2.24) is 0 Å². The van der Waals surface area contributed by atoms with Crippen LogP contribution in [0.25, 0.3) is 0 Å². The number of hydrogen-bond donors (Lipinski definition) is 2. The number of ether oxygens (including phenoxy) is 3. The van der Waals surface area contributed by atoms with Crippen LogP contribution in [0.15, 0.2) is 72.8 Å². The first-order valence-electron chi connectivity index (χ1n) is 10.4. The van der Waals surface area contributed by atoms with Crippen molar-refractivity contribution in [2.24, 2.45) is 11.7 Å². The zero-order chi connectivity index (χ0) is 22.2. The summed E-state index contributed by atoms with van der Waals surface area (Å²) in [5.74, 6) is 2.04. The maximum Gasteiger partial charge on any atom is 0.160 e. The Bertz CT molecular complexity index is 961. The van der Waals surface area contributed by atoms with Crippen molar-refractivity contribution in [3.63, 3.8) is 0 Å². The van der Waals surface area contributed by atoms with Gasteiger partial charge in [-0.1, -0.05) is 61.5 Å². The van der Waals surface area contributed by atoms with Gasteiger partial charge in [0.2, 0.25) is 0 Å². The fourth-order valence-electron chi connectivity index (χ4n) is 3.63. The van der Waals surface area contributed by atoms with Gasteiger partial charge in [-0.2, -0.15) is 0 Å². The lowest BCUT2D eigenvalue weighted by molar-refractivity contribution is 0.117. The number of aliphatic hydroxyl groups is 1. The van der Waals surface area contributed by atoms with Crippen molar-refractivity contribution < 1.29 is 19.3 Å². The first-order chi connectivity index (χ1) is 15.0. The molecule has 31 heavy (non-hydrogen) atoms. The third-order valence-corrected chi connectivity index (χ3v) is 5.50. The van der Waals surface area contributed by atoms with E-state index in [-0.39, 0.29) is 5.92 Å². The summed E-state index contributed by atoms with van der Waals surface area (Å²) in [6.45, 7) is 2.47. The first kappa shape index (κ1) is 22.7. The van der Waals surface area contributed by atoms with Gasteiger partial charge >= 0.3 is 0 Å². The van der Waals surface area contributed by atoms with Crippen LogP contribution in [0.5, 0.6) is 17.2 Å². The van der Waals surface area contributed by atoms with E-state index in [2.05, 4.69) is 0 Å². The van der Waals surface area contributed by atoms with Gasteiger partial charge in [-0.25, -0.2) is 0 Å². The number of nitrogens with two attached hydrogens (primary N) is 1. The highest BCUT2D eigenvalue weighted by Gasteiger charge is 2.26. The normalized spacial score (nSPS) is 13.8. The van der Waals surface area contributed by atoms with Crippen LogP contribution in [0.3, 0.4) is 0 Å². The Morgan fingerprint density at radius 3 is 2.19 bits per heavy atom. The van der Waals surface area contributed by atoms with Crippen LogP contribution in [0.1, 0.15) is 29.7 Å². The summed E-state index contributed by atoms with van der Waals surface area (Å²) in [5.41, 5.74) is 9.32. The maximum atomic E-state index is 11.0. The smallest absolute Gasteiger partial charge is 0.160 e. The summed E-state index contributed by atoms with van der Waals surface area (Å²) in [6.07, 6.45) is -0.145. The molecule has 3 rings (SSSR count). The van der Waals surface area contributed by atoms with Crippen LogP contribution >= 0.6 is 0 Å². The van der Waals surface area contributed by atoms with Crippen molar-refractivity contribution >= 4 is 0 Å². The molecule has 0 radical (unpaired) electrons. The summed E-state index contributed by atoms with van der Waals surface area (Å²) in [5, 5.41) is 11.0. The second kappa shape index (κ2) is 10.8. The van der Waals surface area contributed by atoms with Crippen LogP contribution in [0, 0.1) is 5.92 Å². The van der Waals surface area contributed by atoms with Crippen molar-refractivity contribution in [3.8, 4) is 17.2 Å². The predicted octanol–water partition coefficient (Wildman–Crippen LogP) is 4.52. The van der Waals surface area contributed by atoms with Gasteiger partial charge in [0.1, 0.15) is 12.4 Å². The van der Waals surface area contributed by atoms with E-state index < -0.39 is 12.1 Å². The molecular weight excluding hydrogens is 390 g/mol. The van der Waals surface area contributed by atoms with E-state index in [1.165, 1.54) is 0 Å². The summed E-state index contributed by atoms with van der Waals surface area (Å²) in [4.78, 5) is 0. The van der Waals surface area contributed by atoms with Gasteiger partial charge in [-0.15, -0.1) is 0 Å². The molecule has 3 aromatic carbocycles. The molecule has 3 aromatic rings. The monoisotopic (exact) mass is 421 g/mol. The van der Waals surface area contributed by atoms with E-state index >= 15 is 0 Å². The molecule has 0 aromatic heterocycles. The molecule has 0 saturated heterocycles. The number of aliphatic hydroxyl groups excluding tert-OH is 1. The molecule has 0 heterocycles. The highest BCUT2D eigenvalue weighted by molar-refractivity contribution is 5.43. The van der Waals surface area contributed by atoms with Gasteiger partial charge in [-0.3, -0.25) is 0 Å². The first-order valence-corrected chi connectivity index (χ1v) is 10.4. The Balaban J connectivity index is 1.70. The molecule has 0 spiro atoms. The topological polar surface area (TPSA) is 73.9 Å². The summed E-state index contributed by atoms with van der Waals surface area (Å²) < 4.78 is 16.7. The molecule has 0 aliphatic heterocycles. The molecule has 5 heteroatoms. The quantitative estimate of drug-likeness (QED) is 0.503. The van der Waals surface area contributed by atoms with Gasteiger partial charge in [0, 0.05) is 11.6 Å². The molecule has 164 valence electrons. The molecule has 3 N–H and O–H groups in total. The molecule has 0 saturated carbocycles. The zero-order valence-corrected chi connectivity index (χ0v) is 18.3. The molecule has 0 bridgehead atoms. The second-order valence-corrected chi connectivity index (χ2v) is 7.71. The van der Waals surface area contributed by atoms with Gasteiger partial charge in [0.25, 0.3) is 0 Å². The maximum absolute atomic E-state index is 11.0. The Labute approximate surface area is 184 Å². The molecule has 0 amide bonds. The number of rotatable bonds is 10. The average molecular weight is 422 g/mol. The highest BCUT2D eigenvalue weighted by Crippen LogP contribution is 2.32. The van der Waals surface area contributed by atoms with E-state index in [9.17, 15) is 5.11 Å². The molecular formula is C26H31NO4. The minimum Gasteiger partial charge on any atom is -0.493 e. The fraction of sp³-hybridized carbons (Fsp3) is 0.308. The molecule has 3 atom stereocenters. The van der Waals surface area contributed by atoms with Crippen molar-refractivity contribution in [3.05, 3.63) is 89.5 Å².